The second-order valence-corrected chi connectivity index (χ2v) is 9.72. The van der Waals surface area contributed by atoms with Crippen LogP contribution in [0.4, 0.5) is 5.13 Å². The number of aromatic amines is 1. The number of H-pyrrole nitrogens is 1. The van der Waals surface area contributed by atoms with Crippen LogP contribution in [-0.2, 0) is 17.6 Å². The Balaban J connectivity index is 1.37. The normalized spacial score (nSPS) is 11.2. The lowest BCUT2D eigenvalue weighted by molar-refractivity contribution is -0.116. The van der Waals surface area contributed by atoms with E-state index in [1.807, 2.05) is 38.1 Å². The summed E-state index contributed by atoms with van der Waals surface area (Å²) in [5.74, 6) is 0.352. The number of carbonyl (C=O) groups excluding carboxylic acids is 1. The fourth-order valence-electron chi connectivity index (χ4n) is 3.13. The number of aromatic nitrogens is 3. The predicted molar refractivity (Wildman–Crippen MR) is 123 cm³/mol. The molecule has 2 N–H and O–H groups in total. The SMILES string of the molecule is Cc1sc2nc(CCC(=O)Nc3ncc(Cc4cccc(Cl)c4)s3)[nH]c(=O)c2c1C. The fourth-order valence-corrected chi connectivity index (χ4v) is 5.25. The van der Waals surface area contributed by atoms with E-state index in [-0.39, 0.29) is 17.9 Å². The summed E-state index contributed by atoms with van der Waals surface area (Å²) in [6.07, 6.45) is 3.03. The first kappa shape index (κ1) is 20.7. The molecule has 0 aliphatic rings. The van der Waals surface area contributed by atoms with Gasteiger partial charge in [-0.1, -0.05) is 23.7 Å². The van der Waals surface area contributed by atoms with Crippen LogP contribution in [0.3, 0.4) is 0 Å². The number of fused-ring (bicyclic) bond motifs is 1. The maximum atomic E-state index is 12.3. The Morgan fingerprint density at radius 2 is 2.10 bits per heavy atom. The van der Waals surface area contributed by atoms with Gasteiger partial charge in [-0.2, -0.15) is 0 Å². The molecule has 0 bridgehead atoms. The Hall–Kier alpha value is -2.55. The van der Waals surface area contributed by atoms with E-state index in [1.54, 1.807) is 6.20 Å². The molecule has 0 unspecified atom stereocenters. The van der Waals surface area contributed by atoms with E-state index in [4.69, 9.17) is 11.6 Å². The third-order valence-electron chi connectivity index (χ3n) is 4.74. The molecule has 1 amide bonds. The Bertz CT molecular complexity index is 1290. The van der Waals surface area contributed by atoms with Gasteiger partial charge in [-0.05, 0) is 37.1 Å². The maximum Gasteiger partial charge on any atom is 0.259 e. The summed E-state index contributed by atoms with van der Waals surface area (Å²) in [5, 5.41) is 4.71. The van der Waals surface area contributed by atoms with Crippen molar-refractivity contribution < 1.29 is 4.79 Å². The second-order valence-electron chi connectivity index (χ2n) is 6.96. The zero-order chi connectivity index (χ0) is 21.3. The molecule has 0 saturated carbocycles. The Labute approximate surface area is 186 Å². The number of amides is 1. The highest BCUT2D eigenvalue weighted by Crippen LogP contribution is 2.26. The van der Waals surface area contributed by atoms with Crippen LogP contribution in [0, 0.1) is 13.8 Å². The number of hydrogen-bond acceptors (Lipinski definition) is 6. The van der Waals surface area contributed by atoms with E-state index in [0.29, 0.717) is 34.2 Å². The van der Waals surface area contributed by atoms with Gasteiger partial charge in [-0.25, -0.2) is 9.97 Å². The number of aryl methyl sites for hydroxylation is 3. The van der Waals surface area contributed by atoms with Crippen molar-refractivity contribution in [3.63, 3.8) is 0 Å². The molecule has 0 radical (unpaired) electrons. The van der Waals surface area contributed by atoms with Crippen molar-refractivity contribution >= 4 is 55.5 Å². The maximum absolute atomic E-state index is 12.3. The molecule has 4 aromatic rings. The first-order valence-electron chi connectivity index (χ1n) is 9.37. The minimum Gasteiger partial charge on any atom is -0.310 e. The summed E-state index contributed by atoms with van der Waals surface area (Å²) < 4.78 is 0. The second kappa shape index (κ2) is 8.67. The highest BCUT2D eigenvalue weighted by atomic mass is 35.5. The quantitative estimate of drug-likeness (QED) is 0.431. The van der Waals surface area contributed by atoms with Crippen LogP contribution in [0.25, 0.3) is 10.2 Å². The van der Waals surface area contributed by atoms with E-state index >= 15 is 0 Å². The monoisotopic (exact) mass is 458 g/mol. The fraction of sp³-hybridized carbons (Fsp3) is 0.238. The number of anilines is 1. The summed E-state index contributed by atoms with van der Waals surface area (Å²) in [7, 11) is 0. The third-order valence-corrected chi connectivity index (χ3v) is 6.99. The van der Waals surface area contributed by atoms with Crippen LogP contribution >= 0.6 is 34.3 Å². The van der Waals surface area contributed by atoms with E-state index < -0.39 is 0 Å². The predicted octanol–water partition coefficient (Wildman–Crippen LogP) is 4.87. The zero-order valence-corrected chi connectivity index (χ0v) is 18.8. The van der Waals surface area contributed by atoms with Gasteiger partial charge in [0.25, 0.3) is 5.56 Å². The molecule has 0 aliphatic heterocycles. The highest BCUT2D eigenvalue weighted by Gasteiger charge is 2.13. The smallest absolute Gasteiger partial charge is 0.259 e. The molecule has 0 spiro atoms. The molecule has 0 aliphatic carbocycles. The number of benzene rings is 1. The molecule has 0 fully saturated rings. The summed E-state index contributed by atoms with van der Waals surface area (Å²) in [6, 6.07) is 7.67. The number of nitrogens with one attached hydrogen (secondary N) is 2. The number of halogens is 1. The Morgan fingerprint density at radius 3 is 2.90 bits per heavy atom. The largest absolute Gasteiger partial charge is 0.310 e. The van der Waals surface area contributed by atoms with Crippen molar-refractivity contribution in [2.24, 2.45) is 0 Å². The van der Waals surface area contributed by atoms with Gasteiger partial charge in [0.1, 0.15) is 10.7 Å². The molecule has 0 saturated heterocycles. The van der Waals surface area contributed by atoms with E-state index in [0.717, 1.165) is 25.7 Å². The van der Waals surface area contributed by atoms with Crippen molar-refractivity contribution in [3.8, 4) is 0 Å². The lowest BCUT2D eigenvalue weighted by atomic mass is 10.1. The van der Waals surface area contributed by atoms with E-state index in [1.165, 1.54) is 22.7 Å². The van der Waals surface area contributed by atoms with E-state index in [2.05, 4.69) is 20.3 Å². The standard InChI is InChI=1S/C21H19ClN4O2S2/c1-11-12(2)29-20-18(11)19(28)24-16(25-20)6-7-17(27)26-21-23-10-15(30-21)9-13-4-3-5-14(22)8-13/h3-5,8,10H,6-7,9H2,1-2H3,(H,23,26,27)(H,24,25,28). The van der Waals surface area contributed by atoms with Gasteiger partial charge in [0.2, 0.25) is 5.91 Å². The summed E-state index contributed by atoms with van der Waals surface area (Å²) in [6.45, 7) is 3.90. The van der Waals surface area contributed by atoms with Crippen LogP contribution in [0.5, 0.6) is 0 Å². The van der Waals surface area contributed by atoms with E-state index in [9.17, 15) is 9.59 Å². The molecule has 3 heterocycles. The van der Waals surface area contributed by atoms with Gasteiger partial charge >= 0.3 is 0 Å². The molecule has 3 aromatic heterocycles. The van der Waals surface area contributed by atoms with Gasteiger partial charge in [0.15, 0.2) is 5.13 Å². The van der Waals surface area contributed by atoms with Gasteiger partial charge < -0.3 is 10.3 Å². The van der Waals surface area contributed by atoms with Crippen LogP contribution in [0.1, 0.15) is 33.1 Å². The zero-order valence-electron chi connectivity index (χ0n) is 16.4. The summed E-state index contributed by atoms with van der Waals surface area (Å²) >= 11 is 8.96. The summed E-state index contributed by atoms with van der Waals surface area (Å²) in [4.78, 5) is 39.1. The number of carbonyl (C=O) groups is 1. The minimum absolute atomic E-state index is 0.150. The molecule has 1 aromatic carbocycles. The molecule has 0 atom stereocenters. The minimum atomic E-state index is -0.167. The number of thiazole rings is 1. The number of rotatable bonds is 6. The lowest BCUT2D eigenvalue weighted by Gasteiger charge is -2.02. The molecular weight excluding hydrogens is 440 g/mol. The molecule has 154 valence electrons. The number of nitrogens with zero attached hydrogens (tertiary/aromatic N) is 2. The van der Waals surface area contributed by atoms with Crippen LogP contribution in [0.2, 0.25) is 5.02 Å². The first-order chi connectivity index (χ1) is 14.4. The number of thiophene rings is 1. The van der Waals surface area contributed by atoms with Crippen molar-refractivity contribution in [3.05, 3.63) is 72.5 Å². The van der Waals surface area contributed by atoms with Crippen molar-refractivity contribution in [1.82, 2.24) is 15.0 Å². The average molecular weight is 459 g/mol. The van der Waals surface area contributed by atoms with Gasteiger partial charge in [0, 0.05) is 40.2 Å². The average Bonchev–Trinajstić information content (AvgIpc) is 3.24. The topological polar surface area (TPSA) is 87.7 Å². The molecule has 6 nitrogen and oxygen atoms in total. The van der Waals surface area contributed by atoms with Gasteiger partial charge in [-0.15, -0.1) is 22.7 Å². The number of hydrogen-bond donors (Lipinski definition) is 2. The molecular formula is C21H19ClN4O2S2. The molecule has 4 rings (SSSR count). The Kier molecular flexibility index (Phi) is 5.99. The highest BCUT2D eigenvalue weighted by molar-refractivity contribution is 7.18. The van der Waals surface area contributed by atoms with Gasteiger partial charge in [0.05, 0.1) is 5.39 Å². The van der Waals surface area contributed by atoms with Crippen molar-refractivity contribution in [2.45, 2.75) is 33.1 Å². The van der Waals surface area contributed by atoms with Gasteiger partial charge in [-0.3, -0.25) is 9.59 Å². The first-order valence-corrected chi connectivity index (χ1v) is 11.4. The van der Waals surface area contributed by atoms with Crippen LogP contribution < -0.4 is 10.9 Å². The lowest BCUT2D eigenvalue weighted by Crippen LogP contribution is -2.16. The van der Waals surface area contributed by atoms with Crippen LogP contribution in [-0.4, -0.2) is 20.9 Å². The van der Waals surface area contributed by atoms with Crippen LogP contribution in [0.15, 0.2) is 35.3 Å². The molecule has 30 heavy (non-hydrogen) atoms. The van der Waals surface area contributed by atoms with Crippen molar-refractivity contribution in [1.29, 1.82) is 0 Å². The Morgan fingerprint density at radius 1 is 1.27 bits per heavy atom. The summed E-state index contributed by atoms with van der Waals surface area (Å²) in [5.41, 5.74) is 1.90. The van der Waals surface area contributed by atoms with Crippen molar-refractivity contribution in [2.75, 3.05) is 5.32 Å². The third kappa shape index (κ3) is 4.61. The molecule has 9 heteroatoms.